The van der Waals surface area contributed by atoms with E-state index in [1.165, 1.54) is 88.5 Å². The summed E-state index contributed by atoms with van der Waals surface area (Å²) in [6.07, 6.45) is 15.0. The fraction of sp³-hybridized carbons (Fsp3) is 0.581. The molecule has 0 saturated carbocycles. The number of fused-ring (bicyclic) bond motifs is 1. The minimum atomic E-state index is -0.772. The average molecular weight is 529 g/mol. The molecule has 7 heteroatoms. The van der Waals surface area contributed by atoms with E-state index in [1.807, 2.05) is 0 Å². The largest absolute Gasteiger partial charge is 0.508 e. The van der Waals surface area contributed by atoms with Crippen LogP contribution in [0.5, 0.6) is 28.7 Å². The van der Waals surface area contributed by atoms with Crippen LogP contribution in [0.25, 0.3) is 0 Å². The number of esters is 1. The molecule has 3 rings (SSSR count). The Balaban J connectivity index is 1.43. The fourth-order valence-corrected chi connectivity index (χ4v) is 5.07. The number of phenols is 4. The Morgan fingerprint density at radius 3 is 2.00 bits per heavy atom. The lowest BCUT2D eigenvalue weighted by Crippen LogP contribution is -2.34. The highest BCUT2D eigenvalue weighted by molar-refractivity contribution is 5.69. The van der Waals surface area contributed by atoms with Gasteiger partial charge in [0.15, 0.2) is 17.6 Å². The molecule has 0 saturated heterocycles. The predicted octanol–water partition coefficient (Wildman–Crippen LogP) is 7.58. The Hall–Kier alpha value is -3.09. The van der Waals surface area contributed by atoms with Gasteiger partial charge in [0.25, 0.3) is 0 Å². The summed E-state index contributed by atoms with van der Waals surface area (Å²) in [7, 11) is 0. The van der Waals surface area contributed by atoms with Crippen LogP contribution < -0.4 is 4.74 Å². The van der Waals surface area contributed by atoms with Crippen LogP contribution in [0.4, 0.5) is 0 Å². The van der Waals surface area contributed by atoms with Crippen LogP contribution >= 0.6 is 0 Å². The number of carbonyl (C=O) groups is 1. The molecule has 38 heavy (non-hydrogen) atoms. The fourth-order valence-electron chi connectivity index (χ4n) is 5.07. The molecular formula is C31H44O7. The SMILES string of the molecule is CCCCCCCCCCCCCCCC(=O)O[C@@H]1Cc2c(O)cc(O)cc2O[C@@H]1c1ccc(O)c(O)c1. The van der Waals surface area contributed by atoms with Crippen molar-refractivity contribution >= 4 is 5.97 Å². The Labute approximate surface area is 226 Å². The normalized spacial score (nSPS) is 16.6. The third-order valence-corrected chi connectivity index (χ3v) is 7.26. The summed E-state index contributed by atoms with van der Waals surface area (Å²) >= 11 is 0. The van der Waals surface area contributed by atoms with Gasteiger partial charge in [-0.05, 0) is 18.6 Å². The lowest BCUT2D eigenvalue weighted by molar-refractivity contribution is -0.155. The molecular weight excluding hydrogens is 484 g/mol. The third-order valence-electron chi connectivity index (χ3n) is 7.26. The van der Waals surface area contributed by atoms with Crippen LogP contribution in [0, 0.1) is 0 Å². The maximum Gasteiger partial charge on any atom is 0.306 e. The number of hydrogen-bond acceptors (Lipinski definition) is 7. The standard InChI is InChI=1S/C31H44O7/c1-2-3-4-5-6-7-8-9-10-11-12-13-14-15-30(36)37-29-21-24-26(34)19-23(32)20-28(24)38-31(29)22-16-17-25(33)27(35)18-22/h16-20,29,31-35H,2-15,21H2,1H3/t29-,31-/m1/s1. The van der Waals surface area contributed by atoms with Crippen LogP contribution in [0.2, 0.25) is 0 Å². The Bertz CT molecular complexity index is 1020. The zero-order valence-corrected chi connectivity index (χ0v) is 22.7. The van der Waals surface area contributed by atoms with Crippen molar-refractivity contribution in [3.05, 3.63) is 41.5 Å². The summed E-state index contributed by atoms with van der Waals surface area (Å²) < 4.78 is 11.8. The second-order valence-electron chi connectivity index (χ2n) is 10.5. The summed E-state index contributed by atoms with van der Waals surface area (Å²) in [4.78, 5) is 12.7. The highest BCUT2D eigenvalue weighted by Crippen LogP contribution is 2.43. The van der Waals surface area contributed by atoms with Gasteiger partial charge in [0, 0.05) is 36.1 Å². The van der Waals surface area contributed by atoms with E-state index in [2.05, 4.69) is 6.92 Å². The molecule has 4 N–H and O–H groups in total. The number of hydrogen-bond donors (Lipinski definition) is 4. The van der Waals surface area contributed by atoms with Gasteiger partial charge in [-0.15, -0.1) is 0 Å². The molecule has 1 aliphatic heterocycles. The molecule has 0 aliphatic carbocycles. The number of benzene rings is 2. The number of rotatable bonds is 16. The minimum Gasteiger partial charge on any atom is -0.508 e. The van der Waals surface area contributed by atoms with Gasteiger partial charge in [-0.3, -0.25) is 4.79 Å². The Morgan fingerprint density at radius 1 is 0.789 bits per heavy atom. The van der Waals surface area contributed by atoms with E-state index >= 15 is 0 Å². The summed E-state index contributed by atoms with van der Waals surface area (Å²) in [6.45, 7) is 2.25. The summed E-state index contributed by atoms with van der Waals surface area (Å²) in [6, 6.07) is 6.91. The van der Waals surface area contributed by atoms with Gasteiger partial charge < -0.3 is 29.9 Å². The second-order valence-corrected chi connectivity index (χ2v) is 10.5. The highest BCUT2D eigenvalue weighted by Gasteiger charge is 2.36. The molecule has 0 bridgehead atoms. The van der Waals surface area contributed by atoms with Gasteiger partial charge in [0.05, 0.1) is 0 Å². The molecule has 2 aromatic rings. The van der Waals surface area contributed by atoms with Gasteiger partial charge >= 0.3 is 5.97 Å². The van der Waals surface area contributed by atoms with E-state index in [9.17, 15) is 25.2 Å². The molecule has 0 fully saturated rings. The first kappa shape index (κ1) is 29.5. The number of unbranched alkanes of at least 4 members (excludes halogenated alkanes) is 12. The quantitative estimate of drug-likeness (QED) is 0.101. The first-order valence-corrected chi connectivity index (χ1v) is 14.3. The molecule has 0 aromatic heterocycles. The Kier molecular flexibility index (Phi) is 11.9. The Morgan fingerprint density at radius 2 is 1.39 bits per heavy atom. The van der Waals surface area contributed by atoms with Crippen molar-refractivity contribution in [2.45, 2.75) is 115 Å². The number of ether oxygens (including phenoxy) is 2. The molecule has 1 heterocycles. The van der Waals surface area contributed by atoms with Gasteiger partial charge in [-0.1, -0.05) is 90.0 Å². The zero-order valence-electron chi connectivity index (χ0n) is 22.7. The second kappa shape index (κ2) is 15.4. The van der Waals surface area contributed by atoms with Crippen molar-refractivity contribution < 1.29 is 34.7 Å². The molecule has 0 radical (unpaired) electrons. The smallest absolute Gasteiger partial charge is 0.306 e. The average Bonchev–Trinajstić information content (AvgIpc) is 2.88. The van der Waals surface area contributed by atoms with E-state index in [0.29, 0.717) is 17.5 Å². The van der Waals surface area contributed by atoms with Gasteiger partial charge in [0.2, 0.25) is 0 Å². The molecule has 0 spiro atoms. The number of aromatic hydroxyl groups is 4. The molecule has 0 unspecified atom stereocenters. The molecule has 7 nitrogen and oxygen atoms in total. The third kappa shape index (κ3) is 9.03. The maximum absolute atomic E-state index is 12.7. The van der Waals surface area contributed by atoms with Crippen molar-refractivity contribution in [1.29, 1.82) is 0 Å². The zero-order chi connectivity index (χ0) is 27.3. The van der Waals surface area contributed by atoms with E-state index in [-0.39, 0.29) is 41.1 Å². The lowest BCUT2D eigenvalue weighted by Gasteiger charge is -2.34. The first-order chi connectivity index (χ1) is 18.4. The van der Waals surface area contributed by atoms with Crippen molar-refractivity contribution in [1.82, 2.24) is 0 Å². The molecule has 0 amide bonds. The van der Waals surface area contributed by atoms with Gasteiger partial charge in [-0.2, -0.15) is 0 Å². The summed E-state index contributed by atoms with van der Waals surface area (Å²) in [5, 5.41) is 39.8. The van der Waals surface area contributed by atoms with Crippen LogP contribution in [-0.2, 0) is 16.0 Å². The summed E-state index contributed by atoms with van der Waals surface area (Å²) in [5.41, 5.74) is 0.952. The van der Waals surface area contributed by atoms with Crippen molar-refractivity contribution in [3.63, 3.8) is 0 Å². The molecule has 2 aromatic carbocycles. The van der Waals surface area contributed by atoms with Gasteiger partial charge in [-0.25, -0.2) is 0 Å². The van der Waals surface area contributed by atoms with E-state index in [0.717, 1.165) is 19.3 Å². The van der Waals surface area contributed by atoms with Crippen molar-refractivity contribution in [2.24, 2.45) is 0 Å². The van der Waals surface area contributed by atoms with Crippen LogP contribution in [-0.4, -0.2) is 32.5 Å². The molecule has 210 valence electrons. The molecule has 1 aliphatic rings. The number of phenolic OH excluding ortho intramolecular Hbond substituents is 4. The van der Waals surface area contributed by atoms with E-state index in [4.69, 9.17) is 9.47 Å². The topological polar surface area (TPSA) is 116 Å². The van der Waals surface area contributed by atoms with Crippen LogP contribution in [0.1, 0.15) is 114 Å². The maximum atomic E-state index is 12.7. The minimum absolute atomic E-state index is 0.135. The monoisotopic (exact) mass is 528 g/mol. The van der Waals surface area contributed by atoms with Crippen LogP contribution in [0.3, 0.4) is 0 Å². The van der Waals surface area contributed by atoms with Gasteiger partial charge in [0.1, 0.15) is 23.4 Å². The lowest BCUT2D eigenvalue weighted by atomic mass is 9.93. The summed E-state index contributed by atoms with van der Waals surface area (Å²) in [5.74, 6) is -0.917. The van der Waals surface area contributed by atoms with Crippen LogP contribution in [0.15, 0.2) is 30.3 Å². The molecule has 2 atom stereocenters. The van der Waals surface area contributed by atoms with Crippen molar-refractivity contribution in [3.8, 4) is 28.7 Å². The van der Waals surface area contributed by atoms with E-state index < -0.39 is 12.2 Å². The predicted molar refractivity (Wildman–Crippen MR) is 147 cm³/mol. The number of carbonyl (C=O) groups excluding carboxylic acids is 1. The first-order valence-electron chi connectivity index (χ1n) is 14.3. The van der Waals surface area contributed by atoms with Crippen molar-refractivity contribution in [2.75, 3.05) is 0 Å². The van der Waals surface area contributed by atoms with E-state index in [1.54, 1.807) is 6.07 Å². The highest BCUT2D eigenvalue weighted by atomic mass is 16.6.